The number of hydrogen-bond donors (Lipinski definition) is 3. The van der Waals surface area contributed by atoms with Crippen LogP contribution in [0.1, 0.15) is 40.7 Å². The highest BCUT2D eigenvalue weighted by Gasteiger charge is 2.22. The first-order chi connectivity index (χ1) is 19.0. The molecule has 0 aromatic heterocycles. The summed E-state index contributed by atoms with van der Waals surface area (Å²) in [6.45, 7) is 0.311. The van der Waals surface area contributed by atoms with Crippen LogP contribution in [0.4, 0.5) is 4.79 Å². The van der Waals surface area contributed by atoms with E-state index < -0.39 is 24.0 Å². The van der Waals surface area contributed by atoms with Gasteiger partial charge >= 0.3 is 12.1 Å². The lowest BCUT2D eigenvalue weighted by atomic mass is 10.1. The van der Waals surface area contributed by atoms with Crippen LogP contribution in [-0.2, 0) is 32.3 Å². The van der Waals surface area contributed by atoms with Crippen molar-refractivity contribution in [3.63, 3.8) is 0 Å². The number of esters is 1. The van der Waals surface area contributed by atoms with E-state index in [2.05, 4.69) is 16.0 Å². The Kier molecular flexibility index (Phi) is 12.0. The van der Waals surface area contributed by atoms with Crippen molar-refractivity contribution in [2.24, 2.45) is 0 Å². The standard InChI is InChI=1S/C30H33N3O6/c34-27(20-32-28(35)25-16-8-3-9-17-25)33-26(29(36)38-21-23-12-4-1-5-13-23)18-10-11-19-31-30(37)39-22-24-14-6-2-7-15-24/h1-9,12-17,26H,10-11,18-22H2,(H,31,37)(H,32,35)(H,33,34)/t26-/m1/s1. The van der Waals surface area contributed by atoms with E-state index >= 15 is 0 Å². The second-order valence-electron chi connectivity index (χ2n) is 8.75. The average molecular weight is 532 g/mol. The highest BCUT2D eigenvalue weighted by atomic mass is 16.5. The molecule has 0 unspecified atom stereocenters. The number of carbonyl (C=O) groups is 4. The summed E-state index contributed by atoms with van der Waals surface area (Å²) >= 11 is 0. The number of benzene rings is 3. The molecule has 9 heteroatoms. The van der Waals surface area contributed by atoms with Gasteiger partial charge in [-0.2, -0.15) is 0 Å². The van der Waals surface area contributed by atoms with Gasteiger partial charge in [-0.15, -0.1) is 0 Å². The minimum Gasteiger partial charge on any atom is -0.459 e. The van der Waals surface area contributed by atoms with Gasteiger partial charge in [0.15, 0.2) is 0 Å². The van der Waals surface area contributed by atoms with Crippen molar-refractivity contribution in [2.75, 3.05) is 13.1 Å². The Balaban J connectivity index is 1.43. The molecule has 0 spiro atoms. The summed E-state index contributed by atoms with van der Waals surface area (Å²) in [5.41, 5.74) is 2.14. The Morgan fingerprint density at radius 3 is 1.85 bits per heavy atom. The normalized spacial score (nSPS) is 11.1. The van der Waals surface area contributed by atoms with Crippen LogP contribution < -0.4 is 16.0 Å². The maximum Gasteiger partial charge on any atom is 0.407 e. The van der Waals surface area contributed by atoms with Crippen LogP contribution in [0.25, 0.3) is 0 Å². The third-order valence-electron chi connectivity index (χ3n) is 5.69. The molecule has 0 saturated carbocycles. The molecule has 3 rings (SSSR count). The summed E-state index contributed by atoms with van der Waals surface area (Å²) in [5.74, 6) is -1.47. The summed E-state index contributed by atoms with van der Waals surface area (Å²) in [6, 6.07) is 26.2. The number of carbonyl (C=O) groups excluding carboxylic acids is 4. The zero-order valence-corrected chi connectivity index (χ0v) is 21.6. The first-order valence-electron chi connectivity index (χ1n) is 12.8. The molecular weight excluding hydrogens is 498 g/mol. The minimum absolute atomic E-state index is 0.0750. The number of alkyl carbamates (subject to hydrolysis) is 1. The van der Waals surface area contributed by atoms with E-state index in [1.54, 1.807) is 30.3 Å². The maximum atomic E-state index is 12.8. The summed E-state index contributed by atoms with van der Waals surface area (Å²) in [7, 11) is 0. The van der Waals surface area contributed by atoms with Crippen molar-refractivity contribution in [1.29, 1.82) is 0 Å². The molecule has 0 aliphatic rings. The molecule has 39 heavy (non-hydrogen) atoms. The van der Waals surface area contributed by atoms with E-state index in [0.29, 0.717) is 31.4 Å². The zero-order valence-electron chi connectivity index (χ0n) is 21.6. The number of amides is 3. The summed E-state index contributed by atoms with van der Waals surface area (Å²) in [4.78, 5) is 49.5. The molecule has 0 saturated heterocycles. The number of hydrogen-bond acceptors (Lipinski definition) is 6. The lowest BCUT2D eigenvalue weighted by Gasteiger charge is -2.18. The van der Waals surface area contributed by atoms with Crippen LogP contribution >= 0.6 is 0 Å². The van der Waals surface area contributed by atoms with Crippen LogP contribution in [-0.4, -0.2) is 43.0 Å². The minimum atomic E-state index is -0.903. The fourth-order valence-electron chi connectivity index (χ4n) is 3.61. The molecule has 0 fully saturated rings. The van der Waals surface area contributed by atoms with Crippen molar-refractivity contribution in [3.05, 3.63) is 108 Å². The van der Waals surface area contributed by atoms with Gasteiger partial charge < -0.3 is 25.4 Å². The van der Waals surface area contributed by atoms with E-state index in [1.165, 1.54) is 0 Å². The topological polar surface area (TPSA) is 123 Å². The van der Waals surface area contributed by atoms with Crippen LogP contribution in [0.15, 0.2) is 91.0 Å². The Labute approximate surface area is 227 Å². The van der Waals surface area contributed by atoms with E-state index in [1.807, 2.05) is 60.7 Å². The van der Waals surface area contributed by atoms with Crippen molar-refractivity contribution >= 4 is 23.9 Å². The molecule has 0 heterocycles. The zero-order chi connectivity index (χ0) is 27.7. The number of unbranched alkanes of at least 4 members (excludes halogenated alkanes) is 1. The quantitative estimate of drug-likeness (QED) is 0.215. The third-order valence-corrected chi connectivity index (χ3v) is 5.69. The molecule has 3 aromatic rings. The second-order valence-corrected chi connectivity index (χ2v) is 8.75. The molecule has 1 atom stereocenters. The fourth-order valence-corrected chi connectivity index (χ4v) is 3.61. The number of ether oxygens (including phenoxy) is 2. The van der Waals surface area contributed by atoms with Gasteiger partial charge in [0.05, 0.1) is 6.54 Å². The van der Waals surface area contributed by atoms with Crippen molar-refractivity contribution < 1.29 is 28.7 Å². The molecule has 9 nitrogen and oxygen atoms in total. The molecule has 0 bridgehead atoms. The van der Waals surface area contributed by atoms with E-state index in [4.69, 9.17) is 9.47 Å². The third kappa shape index (κ3) is 11.1. The van der Waals surface area contributed by atoms with E-state index in [0.717, 1.165) is 11.1 Å². The van der Waals surface area contributed by atoms with Gasteiger partial charge in [-0.3, -0.25) is 9.59 Å². The van der Waals surface area contributed by atoms with Gasteiger partial charge in [-0.1, -0.05) is 78.9 Å². The molecule has 0 radical (unpaired) electrons. The Morgan fingerprint density at radius 2 is 1.23 bits per heavy atom. The van der Waals surface area contributed by atoms with E-state index in [9.17, 15) is 19.2 Å². The first kappa shape index (κ1) is 28.9. The summed E-state index contributed by atoms with van der Waals surface area (Å²) in [5, 5.41) is 7.89. The Bertz CT molecular complexity index is 1190. The van der Waals surface area contributed by atoms with Crippen LogP contribution in [0.2, 0.25) is 0 Å². The molecule has 3 N–H and O–H groups in total. The number of rotatable bonds is 14. The highest BCUT2D eigenvalue weighted by molar-refractivity contribution is 5.96. The number of nitrogens with one attached hydrogen (secondary N) is 3. The predicted octanol–water partition coefficient (Wildman–Crippen LogP) is 3.74. The molecule has 0 aliphatic carbocycles. The largest absolute Gasteiger partial charge is 0.459 e. The smallest absolute Gasteiger partial charge is 0.407 e. The second kappa shape index (κ2) is 16.2. The summed E-state index contributed by atoms with van der Waals surface area (Å²) in [6.07, 6.45) is 0.858. The molecule has 3 aromatic carbocycles. The first-order valence-corrected chi connectivity index (χ1v) is 12.8. The van der Waals surface area contributed by atoms with Crippen LogP contribution in [0.3, 0.4) is 0 Å². The van der Waals surface area contributed by atoms with Crippen molar-refractivity contribution in [3.8, 4) is 0 Å². The molecule has 0 aliphatic heterocycles. The summed E-state index contributed by atoms with van der Waals surface area (Å²) < 4.78 is 10.6. The SMILES string of the molecule is O=C(CNC(=O)c1ccccc1)N[C@H](CCCCNC(=O)OCc1ccccc1)C(=O)OCc1ccccc1. The Morgan fingerprint density at radius 1 is 0.667 bits per heavy atom. The lowest BCUT2D eigenvalue weighted by Crippen LogP contribution is -2.46. The van der Waals surface area contributed by atoms with Gasteiger partial charge in [0.25, 0.3) is 5.91 Å². The highest BCUT2D eigenvalue weighted by Crippen LogP contribution is 2.07. The molecule has 3 amide bonds. The Hall–Kier alpha value is -4.66. The predicted molar refractivity (Wildman–Crippen MR) is 145 cm³/mol. The van der Waals surface area contributed by atoms with Gasteiger partial charge in [-0.25, -0.2) is 9.59 Å². The average Bonchev–Trinajstić information content (AvgIpc) is 2.98. The van der Waals surface area contributed by atoms with Gasteiger partial charge in [-0.05, 0) is 42.5 Å². The van der Waals surface area contributed by atoms with Crippen molar-refractivity contribution in [2.45, 2.75) is 38.5 Å². The lowest BCUT2D eigenvalue weighted by molar-refractivity contribution is -0.149. The van der Waals surface area contributed by atoms with Gasteiger partial charge in [0, 0.05) is 12.1 Å². The molecule has 204 valence electrons. The van der Waals surface area contributed by atoms with Gasteiger partial charge in [0.1, 0.15) is 19.3 Å². The van der Waals surface area contributed by atoms with E-state index in [-0.39, 0.29) is 25.7 Å². The maximum absolute atomic E-state index is 12.8. The fraction of sp³-hybridized carbons (Fsp3) is 0.267. The monoisotopic (exact) mass is 531 g/mol. The van der Waals surface area contributed by atoms with Crippen LogP contribution in [0, 0.1) is 0 Å². The van der Waals surface area contributed by atoms with Crippen molar-refractivity contribution in [1.82, 2.24) is 16.0 Å². The molecular formula is C30H33N3O6. The van der Waals surface area contributed by atoms with Gasteiger partial charge in [0.2, 0.25) is 5.91 Å². The van der Waals surface area contributed by atoms with Crippen LogP contribution in [0.5, 0.6) is 0 Å².